The summed E-state index contributed by atoms with van der Waals surface area (Å²) in [6, 6.07) is 9.86. The quantitative estimate of drug-likeness (QED) is 0.483. The Morgan fingerprint density at radius 1 is 1.10 bits per heavy atom. The molecule has 0 aliphatic carbocycles. The van der Waals surface area contributed by atoms with Crippen molar-refractivity contribution in [2.24, 2.45) is 5.92 Å². The first-order valence-electron chi connectivity index (χ1n) is 7.86. The first-order chi connectivity index (χ1) is 10.1. The highest BCUT2D eigenvalue weighted by Crippen LogP contribution is 2.10. The molecule has 0 spiro atoms. The summed E-state index contributed by atoms with van der Waals surface area (Å²) in [4.78, 5) is 12.0. The molecule has 0 aliphatic rings. The van der Waals surface area contributed by atoms with E-state index in [0.29, 0.717) is 13.0 Å². The second kappa shape index (κ2) is 10.4. The van der Waals surface area contributed by atoms with E-state index < -0.39 is 6.10 Å². The van der Waals surface area contributed by atoms with Crippen LogP contribution in [0.25, 0.3) is 0 Å². The van der Waals surface area contributed by atoms with Crippen molar-refractivity contribution in [3.8, 4) is 0 Å². The predicted molar refractivity (Wildman–Crippen MR) is 85.2 cm³/mol. The van der Waals surface area contributed by atoms with Gasteiger partial charge in [-0.25, -0.2) is 4.79 Å². The minimum Gasteiger partial charge on any atom is -0.464 e. The topological polar surface area (TPSA) is 35.5 Å². The summed E-state index contributed by atoms with van der Waals surface area (Å²) in [5.41, 5.74) is 1.08. The molecule has 0 N–H and O–H groups in total. The van der Waals surface area contributed by atoms with Crippen molar-refractivity contribution in [2.45, 2.75) is 52.1 Å². The average molecular weight is 292 g/mol. The number of rotatable bonds is 10. The lowest BCUT2D eigenvalue weighted by Gasteiger charge is -2.14. The van der Waals surface area contributed by atoms with E-state index in [1.807, 2.05) is 30.3 Å². The van der Waals surface area contributed by atoms with Crippen LogP contribution in [0.3, 0.4) is 0 Å². The third-order valence-corrected chi connectivity index (χ3v) is 3.48. The third-order valence-electron chi connectivity index (χ3n) is 3.48. The molecule has 3 nitrogen and oxygen atoms in total. The van der Waals surface area contributed by atoms with Gasteiger partial charge in [-0.3, -0.25) is 0 Å². The van der Waals surface area contributed by atoms with Gasteiger partial charge in [-0.05, 0) is 17.9 Å². The molecule has 1 atom stereocenters. The summed E-state index contributed by atoms with van der Waals surface area (Å²) in [6.45, 7) is 4.95. The first kappa shape index (κ1) is 17.7. The van der Waals surface area contributed by atoms with Gasteiger partial charge < -0.3 is 9.47 Å². The summed E-state index contributed by atoms with van der Waals surface area (Å²) >= 11 is 0. The lowest BCUT2D eigenvalue weighted by Crippen LogP contribution is -2.28. The Labute approximate surface area is 128 Å². The van der Waals surface area contributed by atoms with Crippen LogP contribution in [-0.4, -0.2) is 25.8 Å². The zero-order valence-corrected chi connectivity index (χ0v) is 13.5. The molecule has 0 amide bonds. The fraction of sp³-hybridized carbons (Fsp3) is 0.611. The molecule has 1 unspecified atom stereocenters. The molecule has 0 saturated carbocycles. The summed E-state index contributed by atoms with van der Waals surface area (Å²) in [5, 5.41) is 0. The van der Waals surface area contributed by atoms with Crippen LogP contribution in [0.5, 0.6) is 0 Å². The van der Waals surface area contributed by atoms with Gasteiger partial charge in [0.25, 0.3) is 0 Å². The summed E-state index contributed by atoms with van der Waals surface area (Å²) in [7, 11) is 1.55. The highest BCUT2D eigenvalue weighted by molar-refractivity contribution is 5.75. The number of hydrogen-bond donors (Lipinski definition) is 0. The van der Waals surface area contributed by atoms with Crippen LogP contribution >= 0.6 is 0 Å². The molecular formula is C18H28O3. The van der Waals surface area contributed by atoms with E-state index in [4.69, 9.17) is 9.47 Å². The van der Waals surface area contributed by atoms with Gasteiger partial charge in [0.2, 0.25) is 0 Å². The maximum absolute atomic E-state index is 12.0. The number of carbonyl (C=O) groups excluding carboxylic acids is 1. The van der Waals surface area contributed by atoms with E-state index in [1.54, 1.807) is 7.11 Å². The average Bonchev–Trinajstić information content (AvgIpc) is 2.48. The molecule has 0 radical (unpaired) electrons. The monoisotopic (exact) mass is 292 g/mol. The third kappa shape index (κ3) is 7.86. The zero-order valence-electron chi connectivity index (χ0n) is 13.5. The zero-order chi connectivity index (χ0) is 15.5. The fourth-order valence-electron chi connectivity index (χ4n) is 2.19. The van der Waals surface area contributed by atoms with E-state index in [-0.39, 0.29) is 5.97 Å². The molecule has 0 saturated heterocycles. The smallest absolute Gasteiger partial charge is 0.335 e. The van der Waals surface area contributed by atoms with Gasteiger partial charge in [0.05, 0.1) is 6.61 Å². The molecule has 21 heavy (non-hydrogen) atoms. The number of carbonyl (C=O) groups is 1. The summed E-state index contributed by atoms with van der Waals surface area (Å²) in [6.07, 6.45) is 4.53. The molecule has 3 heteroatoms. The minimum atomic E-state index is -0.511. The molecule has 118 valence electrons. The van der Waals surface area contributed by atoms with Crippen molar-refractivity contribution in [3.05, 3.63) is 35.9 Å². The Hall–Kier alpha value is -1.35. The molecule has 0 fully saturated rings. The number of esters is 1. The van der Waals surface area contributed by atoms with Crippen molar-refractivity contribution in [1.29, 1.82) is 0 Å². The van der Waals surface area contributed by atoms with E-state index in [0.717, 1.165) is 24.3 Å². The molecular weight excluding hydrogens is 264 g/mol. The molecule has 0 aliphatic heterocycles. The highest BCUT2D eigenvalue weighted by atomic mass is 16.6. The Morgan fingerprint density at radius 3 is 2.43 bits per heavy atom. The Bertz CT molecular complexity index is 387. The van der Waals surface area contributed by atoms with Crippen molar-refractivity contribution in [3.63, 3.8) is 0 Å². The number of ether oxygens (including phenoxy) is 2. The Kier molecular flexibility index (Phi) is 8.76. The minimum absolute atomic E-state index is 0.259. The van der Waals surface area contributed by atoms with Crippen LogP contribution in [0.15, 0.2) is 30.3 Å². The van der Waals surface area contributed by atoms with Crippen LogP contribution in [0.4, 0.5) is 0 Å². The predicted octanol–water partition coefficient (Wildman–Crippen LogP) is 4.00. The standard InChI is InChI=1S/C18H28O3/c1-15(2)10-6-5-9-13-21-18(19)17(20-3)14-16-11-7-4-8-12-16/h4,7-8,11-12,15,17H,5-6,9-10,13-14H2,1-3H3. The fourth-order valence-corrected chi connectivity index (χ4v) is 2.19. The summed E-state index contributed by atoms with van der Waals surface area (Å²) < 4.78 is 10.6. The molecule has 0 bridgehead atoms. The van der Waals surface area contributed by atoms with Crippen molar-refractivity contribution >= 4 is 5.97 Å². The molecule has 1 rings (SSSR count). The normalized spacial score (nSPS) is 12.4. The van der Waals surface area contributed by atoms with Crippen LogP contribution in [0.2, 0.25) is 0 Å². The maximum atomic E-state index is 12.0. The number of hydrogen-bond acceptors (Lipinski definition) is 3. The Balaban J connectivity index is 2.22. The number of methoxy groups -OCH3 is 1. The van der Waals surface area contributed by atoms with Gasteiger partial charge in [0.1, 0.15) is 0 Å². The van der Waals surface area contributed by atoms with E-state index in [9.17, 15) is 4.79 Å². The lowest BCUT2D eigenvalue weighted by molar-refractivity contribution is -0.155. The van der Waals surface area contributed by atoms with Crippen molar-refractivity contribution in [1.82, 2.24) is 0 Å². The second-order valence-corrected chi connectivity index (χ2v) is 5.82. The van der Waals surface area contributed by atoms with E-state index in [1.165, 1.54) is 12.8 Å². The van der Waals surface area contributed by atoms with Crippen molar-refractivity contribution in [2.75, 3.05) is 13.7 Å². The number of benzene rings is 1. The SMILES string of the molecule is COC(Cc1ccccc1)C(=O)OCCCCCC(C)C. The van der Waals surface area contributed by atoms with Gasteiger partial charge in [-0.2, -0.15) is 0 Å². The van der Waals surface area contributed by atoms with E-state index in [2.05, 4.69) is 13.8 Å². The second-order valence-electron chi connectivity index (χ2n) is 5.82. The maximum Gasteiger partial charge on any atom is 0.335 e. The first-order valence-corrected chi connectivity index (χ1v) is 7.86. The van der Waals surface area contributed by atoms with Gasteiger partial charge in [-0.1, -0.05) is 63.4 Å². The Morgan fingerprint density at radius 2 is 1.81 bits per heavy atom. The van der Waals surface area contributed by atoms with Crippen LogP contribution in [0.1, 0.15) is 45.1 Å². The number of unbranched alkanes of at least 4 members (excludes halogenated alkanes) is 2. The van der Waals surface area contributed by atoms with Crippen molar-refractivity contribution < 1.29 is 14.3 Å². The van der Waals surface area contributed by atoms with Crippen LogP contribution in [0, 0.1) is 5.92 Å². The van der Waals surface area contributed by atoms with Crippen LogP contribution in [-0.2, 0) is 20.7 Å². The van der Waals surface area contributed by atoms with E-state index >= 15 is 0 Å². The van der Waals surface area contributed by atoms with Gasteiger partial charge >= 0.3 is 5.97 Å². The van der Waals surface area contributed by atoms with Gasteiger partial charge in [0.15, 0.2) is 6.10 Å². The molecule has 1 aromatic carbocycles. The molecule has 1 aromatic rings. The largest absolute Gasteiger partial charge is 0.464 e. The van der Waals surface area contributed by atoms with Gasteiger partial charge in [-0.15, -0.1) is 0 Å². The highest BCUT2D eigenvalue weighted by Gasteiger charge is 2.19. The summed E-state index contributed by atoms with van der Waals surface area (Å²) in [5.74, 6) is 0.488. The van der Waals surface area contributed by atoms with Gasteiger partial charge in [0, 0.05) is 13.5 Å². The van der Waals surface area contributed by atoms with Crippen LogP contribution < -0.4 is 0 Å². The molecule has 0 aromatic heterocycles. The lowest BCUT2D eigenvalue weighted by atomic mass is 10.1. The molecule has 0 heterocycles.